The zero-order valence-electron chi connectivity index (χ0n) is 11.6. The first-order valence-corrected chi connectivity index (χ1v) is 7.24. The molecule has 19 heavy (non-hydrogen) atoms. The van der Waals surface area contributed by atoms with E-state index in [1.165, 1.54) is 11.1 Å². The molecule has 1 N–H and O–H groups in total. The van der Waals surface area contributed by atoms with E-state index in [0.717, 1.165) is 24.5 Å². The van der Waals surface area contributed by atoms with Gasteiger partial charge in [0.2, 0.25) is 0 Å². The molecule has 0 bridgehead atoms. The Kier molecular flexibility index (Phi) is 5.06. The minimum Gasteiger partial charge on any atom is -0.354 e. The average molecular weight is 277 g/mol. The summed E-state index contributed by atoms with van der Waals surface area (Å²) >= 11 is 6.05. The van der Waals surface area contributed by atoms with E-state index in [4.69, 9.17) is 11.6 Å². The topological polar surface area (TPSA) is 17.0 Å². The molecule has 1 unspecified atom stereocenters. The third-order valence-electron chi connectivity index (χ3n) is 3.39. The first-order valence-electron chi connectivity index (χ1n) is 6.86. The predicted molar refractivity (Wildman–Crippen MR) is 81.4 cm³/mol. The van der Waals surface area contributed by atoms with Crippen molar-refractivity contribution in [2.75, 3.05) is 0 Å². The molecule has 2 rings (SSSR count). The number of rotatable bonds is 6. The molecule has 1 atom stereocenters. The Balaban J connectivity index is 1.99. The second-order valence-electron chi connectivity index (χ2n) is 4.75. The van der Waals surface area contributed by atoms with Crippen LogP contribution in [-0.2, 0) is 13.1 Å². The number of aryl methyl sites for hydroxylation is 1. The summed E-state index contributed by atoms with van der Waals surface area (Å²) in [6.45, 7) is 6.25. The Morgan fingerprint density at radius 1 is 1.26 bits per heavy atom. The molecular weight excluding hydrogens is 256 g/mol. The molecule has 3 heteroatoms. The fraction of sp³-hybridized carbons (Fsp3) is 0.375. The molecule has 0 amide bonds. The molecule has 0 radical (unpaired) electrons. The fourth-order valence-corrected chi connectivity index (χ4v) is 2.45. The molecule has 102 valence electrons. The van der Waals surface area contributed by atoms with Crippen LogP contribution >= 0.6 is 11.6 Å². The largest absolute Gasteiger partial charge is 0.354 e. The van der Waals surface area contributed by atoms with Gasteiger partial charge in [-0.05, 0) is 42.7 Å². The SMILES string of the molecule is CCC(NCc1ccn(CC)c1)c1cccc(Cl)c1. The van der Waals surface area contributed by atoms with Gasteiger partial charge in [-0.3, -0.25) is 0 Å². The molecule has 2 nitrogen and oxygen atoms in total. The minimum absolute atomic E-state index is 0.351. The third kappa shape index (κ3) is 3.85. The van der Waals surface area contributed by atoms with E-state index < -0.39 is 0 Å². The summed E-state index contributed by atoms with van der Waals surface area (Å²) in [5, 5.41) is 4.40. The highest BCUT2D eigenvalue weighted by atomic mass is 35.5. The Morgan fingerprint density at radius 2 is 2.11 bits per heavy atom. The van der Waals surface area contributed by atoms with Crippen LogP contribution in [0.2, 0.25) is 5.02 Å². The Morgan fingerprint density at radius 3 is 2.74 bits per heavy atom. The molecule has 1 aromatic heterocycles. The molecule has 0 aliphatic heterocycles. The highest BCUT2D eigenvalue weighted by Crippen LogP contribution is 2.20. The number of hydrogen-bond donors (Lipinski definition) is 1. The van der Waals surface area contributed by atoms with Crippen LogP contribution in [0.3, 0.4) is 0 Å². The Labute approximate surface area is 120 Å². The van der Waals surface area contributed by atoms with E-state index in [0.29, 0.717) is 6.04 Å². The number of aromatic nitrogens is 1. The minimum atomic E-state index is 0.351. The third-order valence-corrected chi connectivity index (χ3v) is 3.62. The lowest BCUT2D eigenvalue weighted by molar-refractivity contribution is 0.518. The maximum atomic E-state index is 6.05. The summed E-state index contributed by atoms with van der Waals surface area (Å²) in [7, 11) is 0. The van der Waals surface area contributed by atoms with E-state index in [-0.39, 0.29) is 0 Å². The quantitative estimate of drug-likeness (QED) is 0.827. The summed E-state index contributed by atoms with van der Waals surface area (Å²) in [6.07, 6.45) is 5.36. The van der Waals surface area contributed by atoms with Crippen molar-refractivity contribution < 1.29 is 0 Å². The van der Waals surface area contributed by atoms with Gasteiger partial charge in [-0.2, -0.15) is 0 Å². The lowest BCUT2D eigenvalue weighted by atomic mass is 10.0. The molecule has 2 aromatic rings. The first-order chi connectivity index (χ1) is 9.22. The van der Waals surface area contributed by atoms with Crippen LogP contribution in [0.4, 0.5) is 0 Å². The molecule has 0 saturated heterocycles. The molecule has 1 aromatic carbocycles. The zero-order valence-corrected chi connectivity index (χ0v) is 12.3. The number of halogens is 1. The van der Waals surface area contributed by atoms with Crippen molar-refractivity contribution in [2.45, 2.75) is 39.4 Å². The molecule has 0 saturated carbocycles. The number of benzene rings is 1. The monoisotopic (exact) mass is 276 g/mol. The van der Waals surface area contributed by atoms with Gasteiger partial charge in [-0.25, -0.2) is 0 Å². The van der Waals surface area contributed by atoms with Gasteiger partial charge < -0.3 is 9.88 Å². The van der Waals surface area contributed by atoms with E-state index in [2.05, 4.69) is 48.3 Å². The van der Waals surface area contributed by atoms with Crippen molar-refractivity contribution in [1.29, 1.82) is 0 Å². The maximum absolute atomic E-state index is 6.05. The van der Waals surface area contributed by atoms with Crippen LogP contribution in [-0.4, -0.2) is 4.57 Å². The van der Waals surface area contributed by atoms with Gasteiger partial charge >= 0.3 is 0 Å². The summed E-state index contributed by atoms with van der Waals surface area (Å²) in [6, 6.07) is 10.6. The van der Waals surface area contributed by atoms with Gasteiger partial charge in [0.1, 0.15) is 0 Å². The van der Waals surface area contributed by atoms with Crippen LogP contribution in [0.1, 0.15) is 37.4 Å². The van der Waals surface area contributed by atoms with Gasteiger partial charge in [0, 0.05) is 36.5 Å². The second kappa shape index (κ2) is 6.78. The lowest BCUT2D eigenvalue weighted by Gasteiger charge is -2.17. The lowest BCUT2D eigenvalue weighted by Crippen LogP contribution is -2.20. The summed E-state index contributed by atoms with van der Waals surface area (Å²) in [5.41, 5.74) is 2.58. The van der Waals surface area contributed by atoms with Gasteiger partial charge in [-0.1, -0.05) is 30.7 Å². The van der Waals surface area contributed by atoms with Crippen LogP contribution in [0, 0.1) is 0 Å². The second-order valence-corrected chi connectivity index (χ2v) is 5.18. The fourth-order valence-electron chi connectivity index (χ4n) is 2.25. The predicted octanol–water partition coefficient (Wildman–Crippen LogP) is 4.40. The molecular formula is C16H21ClN2. The van der Waals surface area contributed by atoms with E-state index in [1.807, 2.05) is 18.2 Å². The van der Waals surface area contributed by atoms with Gasteiger partial charge in [0.05, 0.1) is 0 Å². The van der Waals surface area contributed by atoms with E-state index in [9.17, 15) is 0 Å². The van der Waals surface area contributed by atoms with Crippen molar-refractivity contribution in [3.63, 3.8) is 0 Å². The van der Waals surface area contributed by atoms with E-state index in [1.54, 1.807) is 0 Å². The van der Waals surface area contributed by atoms with Crippen LogP contribution in [0.25, 0.3) is 0 Å². The molecule has 0 fully saturated rings. The van der Waals surface area contributed by atoms with Crippen molar-refractivity contribution in [3.8, 4) is 0 Å². The van der Waals surface area contributed by atoms with E-state index >= 15 is 0 Å². The summed E-state index contributed by atoms with van der Waals surface area (Å²) in [4.78, 5) is 0. The Hall–Kier alpha value is -1.25. The number of nitrogens with zero attached hydrogens (tertiary/aromatic N) is 1. The molecule has 0 aliphatic carbocycles. The van der Waals surface area contributed by atoms with Gasteiger partial charge in [-0.15, -0.1) is 0 Å². The highest BCUT2D eigenvalue weighted by Gasteiger charge is 2.09. The van der Waals surface area contributed by atoms with Crippen molar-refractivity contribution in [2.24, 2.45) is 0 Å². The van der Waals surface area contributed by atoms with Gasteiger partial charge in [0.15, 0.2) is 0 Å². The highest BCUT2D eigenvalue weighted by molar-refractivity contribution is 6.30. The Bertz CT molecular complexity index is 519. The smallest absolute Gasteiger partial charge is 0.0409 e. The van der Waals surface area contributed by atoms with Crippen molar-refractivity contribution >= 4 is 11.6 Å². The number of nitrogens with one attached hydrogen (secondary N) is 1. The van der Waals surface area contributed by atoms with Crippen LogP contribution in [0.15, 0.2) is 42.7 Å². The van der Waals surface area contributed by atoms with Crippen molar-refractivity contribution in [1.82, 2.24) is 9.88 Å². The summed E-state index contributed by atoms with van der Waals surface area (Å²) < 4.78 is 2.19. The molecule has 1 heterocycles. The average Bonchev–Trinajstić information content (AvgIpc) is 2.87. The standard InChI is InChI=1S/C16H21ClN2/c1-3-16(14-6-5-7-15(17)10-14)18-11-13-8-9-19(4-2)12-13/h5-10,12,16,18H,3-4,11H2,1-2H3. The molecule has 0 aliphatic rings. The number of hydrogen-bond acceptors (Lipinski definition) is 1. The van der Waals surface area contributed by atoms with Crippen LogP contribution in [0.5, 0.6) is 0 Å². The normalized spacial score (nSPS) is 12.6. The van der Waals surface area contributed by atoms with Crippen LogP contribution < -0.4 is 5.32 Å². The first kappa shape index (κ1) is 14.2. The zero-order chi connectivity index (χ0) is 13.7. The summed E-state index contributed by atoms with van der Waals surface area (Å²) in [5.74, 6) is 0. The van der Waals surface area contributed by atoms with Gasteiger partial charge in [0.25, 0.3) is 0 Å². The van der Waals surface area contributed by atoms with Crippen molar-refractivity contribution in [3.05, 3.63) is 58.9 Å². The maximum Gasteiger partial charge on any atom is 0.0409 e. The molecule has 0 spiro atoms.